The average molecular weight is 334 g/mol. The Morgan fingerprint density at radius 2 is 1.84 bits per heavy atom. The minimum Gasteiger partial charge on any atom is -0.334 e. The van der Waals surface area contributed by atoms with Gasteiger partial charge in [-0.2, -0.15) is 0 Å². The number of hydrogen-bond acceptors (Lipinski definition) is 4. The van der Waals surface area contributed by atoms with E-state index < -0.39 is 0 Å². The Kier molecular flexibility index (Phi) is 3.93. The number of amides is 1. The largest absolute Gasteiger partial charge is 0.334 e. The summed E-state index contributed by atoms with van der Waals surface area (Å²) in [5.74, 6) is 0.273. The van der Waals surface area contributed by atoms with E-state index in [2.05, 4.69) is 15.0 Å². The molecule has 0 atom stereocenters. The van der Waals surface area contributed by atoms with E-state index >= 15 is 0 Å². The zero-order valence-electron chi connectivity index (χ0n) is 13.4. The lowest BCUT2D eigenvalue weighted by Crippen LogP contribution is -2.36. The average Bonchev–Trinajstić information content (AvgIpc) is 2.68. The molecule has 0 saturated heterocycles. The second-order valence-corrected chi connectivity index (χ2v) is 5.89. The van der Waals surface area contributed by atoms with Gasteiger partial charge in [0.05, 0.1) is 5.69 Å². The Morgan fingerprint density at radius 1 is 1.08 bits per heavy atom. The number of carbonyl (C=O) groups excluding carboxylic acids is 1. The first-order valence-corrected chi connectivity index (χ1v) is 8.01. The lowest BCUT2D eigenvalue weighted by atomic mass is 10.1. The van der Waals surface area contributed by atoms with Crippen LogP contribution in [-0.2, 0) is 13.0 Å². The first-order valence-electron chi connectivity index (χ1n) is 8.01. The van der Waals surface area contributed by atoms with Crippen molar-refractivity contribution in [3.05, 3.63) is 77.6 Å². The molecule has 0 fully saturated rings. The van der Waals surface area contributed by atoms with Crippen LogP contribution in [-0.4, -0.2) is 32.3 Å². The van der Waals surface area contributed by atoms with E-state index in [1.165, 1.54) is 12.1 Å². The Bertz CT molecular complexity index is 912. The van der Waals surface area contributed by atoms with Crippen LogP contribution in [0.1, 0.15) is 21.6 Å². The predicted octanol–water partition coefficient (Wildman–Crippen LogP) is 2.88. The molecule has 6 heteroatoms. The van der Waals surface area contributed by atoms with Crippen LogP contribution in [0.3, 0.4) is 0 Å². The number of halogens is 1. The standard InChI is InChI=1S/C19H15FN4O/c20-16-3-1-13(2-4-16)18-22-11-15-12-24(10-7-17(15)23-18)19(25)14-5-8-21-9-6-14/h1-6,8-9,11H,7,10,12H2. The molecule has 0 saturated carbocycles. The van der Waals surface area contributed by atoms with E-state index in [0.717, 1.165) is 16.8 Å². The molecule has 25 heavy (non-hydrogen) atoms. The van der Waals surface area contributed by atoms with Gasteiger partial charge in [0.1, 0.15) is 5.82 Å². The first kappa shape index (κ1) is 15.4. The van der Waals surface area contributed by atoms with Crippen LogP contribution in [0.25, 0.3) is 11.4 Å². The van der Waals surface area contributed by atoms with Gasteiger partial charge < -0.3 is 4.90 Å². The second kappa shape index (κ2) is 6.39. The molecule has 1 amide bonds. The molecule has 0 aliphatic carbocycles. The van der Waals surface area contributed by atoms with Gasteiger partial charge in [0.25, 0.3) is 5.91 Å². The fraction of sp³-hybridized carbons (Fsp3) is 0.158. The molecule has 0 unspecified atom stereocenters. The van der Waals surface area contributed by atoms with Gasteiger partial charge in [-0.15, -0.1) is 0 Å². The second-order valence-electron chi connectivity index (χ2n) is 5.89. The Labute approximate surface area is 144 Å². The lowest BCUT2D eigenvalue weighted by molar-refractivity contribution is 0.0733. The number of rotatable bonds is 2. The van der Waals surface area contributed by atoms with Gasteiger partial charge in [0.15, 0.2) is 5.82 Å². The summed E-state index contributed by atoms with van der Waals surface area (Å²) in [7, 11) is 0. The van der Waals surface area contributed by atoms with E-state index in [1.807, 2.05) is 0 Å². The number of pyridine rings is 1. The van der Waals surface area contributed by atoms with Crippen molar-refractivity contribution < 1.29 is 9.18 Å². The van der Waals surface area contributed by atoms with Crippen molar-refractivity contribution in [1.82, 2.24) is 19.9 Å². The van der Waals surface area contributed by atoms with E-state index in [9.17, 15) is 9.18 Å². The Balaban J connectivity index is 1.56. The van der Waals surface area contributed by atoms with Crippen molar-refractivity contribution in [1.29, 1.82) is 0 Å². The third-order valence-corrected chi connectivity index (χ3v) is 4.25. The first-order chi connectivity index (χ1) is 12.2. The quantitative estimate of drug-likeness (QED) is 0.723. The van der Waals surface area contributed by atoms with Gasteiger partial charge in [-0.25, -0.2) is 14.4 Å². The monoisotopic (exact) mass is 334 g/mol. The van der Waals surface area contributed by atoms with Crippen molar-refractivity contribution in [2.24, 2.45) is 0 Å². The smallest absolute Gasteiger partial charge is 0.254 e. The summed E-state index contributed by atoms with van der Waals surface area (Å²) < 4.78 is 13.1. The summed E-state index contributed by atoms with van der Waals surface area (Å²) in [6.45, 7) is 1.09. The summed E-state index contributed by atoms with van der Waals surface area (Å²) in [6, 6.07) is 9.55. The highest BCUT2D eigenvalue weighted by Crippen LogP contribution is 2.22. The van der Waals surface area contributed by atoms with Gasteiger partial charge >= 0.3 is 0 Å². The minimum absolute atomic E-state index is 0.0179. The van der Waals surface area contributed by atoms with E-state index in [1.54, 1.807) is 47.8 Å². The summed E-state index contributed by atoms with van der Waals surface area (Å²) in [5, 5.41) is 0. The zero-order valence-corrected chi connectivity index (χ0v) is 13.4. The fourth-order valence-electron chi connectivity index (χ4n) is 2.90. The molecule has 4 rings (SSSR count). The number of nitrogens with zero attached hydrogens (tertiary/aromatic N) is 4. The molecule has 3 aromatic rings. The molecule has 1 aliphatic rings. The molecule has 0 spiro atoms. The van der Waals surface area contributed by atoms with Gasteiger partial charge in [0, 0.05) is 54.8 Å². The highest BCUT2D eigenvalue weighted by Gasteiger charge is 2.23. The molecule has 0 bridgehead atoms. The predicted molar refractivity (Wildman–Crippen MR) is 90.1 cm³/mol. The van der Waals surface area contributed by atoms with Crippen LogP contribution in [0.2, 0.25) is 0 Å². The fourth-order valence-corrected chi connectivity index (χ4v) is 2.90. The Morgan fingerprint density at radius 3 is 2.60 bits per heavy atom. The summed E-state index contributed by atoms with van der Waals surface area (Å²) in [4.78, 5) is 27.3. The molecular weight excluding hydrogens is 319 g/mol. The van der Waals surface area contributed by atoms with E-state index in [0.29, 0.717) is 30.9 Å². The van der Waals surface area contributed by atoms with Crippen molar-refractivity contribution >= 4 is 5.91 Å². The van der Waals surface area contributed by atoms with Crippen molar-refractivity contribution in [2.75, 3.05) is 6.54 Å². The lowest BCUT2D eigenvalue weighted by Gasteiger charge is -2.28. The SMILES string of the molecule is O=C(c1ccncc1)N1CCc2nc(-c3ccc(F)cc3)ncc2C1. The topological polar surface area (TPSA) is 59.0 Å². The van der Waals surface area contributed by atoms with Crippen molar-refractivity contribution in [2.45, 2.75) is 13.0 Å². The van der Waals surface area contributed by atoms with Gasteiger partial charge in [-0.1, -0.05) is 0 Å². The molecule has 1 aliphatic heterocycles. The van der Waals surface area contributed by atoms with E-state index in [4.69, 9.17) is 0 Å². The minimum atomic E-state index is -0.285. The molecule has 5 nitrogen and oxygen atoms in total. The van der Waals surface area contributed by atoms with Crippen LogP contribution in [0, 0.1) is 5.82 Å². The van der Waals surface area contributed by atoms with Crippen LogP contribution < -0.4 is 0 Å². The number of fused-ring (bicyclic) bond motifs is 1. The van der Waals surface area contributed by atoms with Crippen LogP contribution in [0.15, 0.2) is 55.0 Å². The molecule has 2 aromatic heterocycles. The number of benzene rings is 1. The third kappa shape index (κ3) is 3.10. The summed E-state index contributed by atoms with van der Waals surface area (Å²) >= 11 is 0. The summed E-state index contributed by atoms with van der Waals surface area (Å²) in [6.07, 6.45) is 5.66. The van der Waals surface area contributed by atoms with Gasteiger partial charge in [-0.3, -0.25) is 9.78 Å². The summed E-state index contributed by atoms with van der Waals surface area (Å²) in [5.41, 5.74) is 3.29. The zero-order chi connectivity index (χ0) is 17.2. The number of aromatic nitrogens is 3. The Hall–Kier alpha value is -3.15. The van der Waals surface area contributed by atoms with Crippen LogP contribution in [0.4, 0.5) is 4.39 Å². The maximum Gasteiger partial charge on any atom is 0.254 e. The highest BCUT2D eigenvalue weighted by molar-refractivity contribution is 5.94. The maximum absolute atomic E-state index is 13.1. The molecule has 0 radical (unpaired) electrons. The molecule has 1 aromatic carbocycles. The molecule has 124 valence electrons. The third-order valence-electron chi connectivity index (χ3n) is 4.25. The van der Waals surface area contributed by atoms with E-state index in [-0.39, 0.29) is 11.7 Å². The number of carbonyl (C=O) groups is 1. The van der Waals surface area contributed by atoms with Crippen LogP contribution >= 0.6 is 0 Å². The van der Waals surface area contributed by atoms with Crippen molar-refractivity contribution in [3.63, 3.8) is 0 Å². The maximum atomic E-state index is 13.1. The van der Waals surface area contributed by atoms with Gasteiger partial charge in [-0.05, 0) is 36.4 Å². The van der Waals surface area contributed by atoms with Gasteiger partial charge in [0.2, 0.25) is 0 Å². The highest BCUT2D eigenvalue weighted by atomic mass is 19.1. The number of hydrogen-bond donors (Lipinski definition) is 0. The van der Waals surface area contributed by atoms with Crippen molar-refractivity contribution in [3.8, 4) is 11.4 Å². The molecular formula is C19H15FN4O. The normalized spacial score (nSPS) is 13.4. The molecule has 0 N–H and O–H groups in total. The van der Waals surface area contributed by atoms with Crippen LogP contribution in [0.5, 0.6) is 0 Å². The molecule has 3 heterocycles.